The van der Waals surface area contributed by atoms with Gasteiger partial charge in [-0.05, 0) is 78.7 Å². The number of nitrogens with zero attached hydrogens (tertiary/aromatic N) is 3. The Bertz CT molecular complexity index is 1190. The van der Waals surface area contributed by atoms with Crippen LogP contribution >= 0.6 is 0 Å². The molecule has 0 aliphatic carbocycles. The van der Waals surface area contributed by atoms with Gasteiger partial charge in [-0.2, -0.15) is 0 Å². The van der Waals surface area contributed by atoms with Gasteiger partial charge in [0.2, 0.25) is 17.7 Å². The first kappa shape index (κ1) is 72.0. The largest absolute Gasteiger partial charge is 0.356 e. The Morgan fingerprint density at radius 2 is 0.689 bits per heavy atom. The number of nitrogens with one attached hydrogen (secondary N) is 2. The summed E-state index contributed by atoms with van der Waals surface area (Å²) in [6.07, 6.45) is 50.2. The second kappa shape index (κ2) is 51.7. The highest BCUT2D eigenvalue weighted by Crippen LogP contribution is 2.28. The van der Waals surface area contributed by atoms with Crippen LogP contribution < -0.4 is 10.6 Å². The summed E-state index contributed by atoms with van der Waals surface area (Å²) >= 11 is 0. The van der Waals surface area contributed by atoms with Crippen LogP contribution in [0.2, 0.25) is 0 Å². The highest BCUT2D eigenvalue weighted by molar-refractivity contribution is 5.89. The molecule has 0 aliphatic rings. The van der Waals surface area contributed by atoms with Gasteiger partial charge in [0.15, 0.2) is 0 Å². The number of hydrogen-bond donors (Lipinski definition) is 2. The zero-order valence-electron chi connectivity index (χ0n) is 51.4. The second-order valence-corrected chi connectivity index (χ2v) is 24.3. The van der Waals surface area contributed by atoms with Crippen molar-refractivity contribution < 1.29 is 19.2 Å². The van der Waals surface area contributed by atoms with Gasteiger partial charge in [0.25, 0.3) is 0 Å². The van der Waals surface area contributed by atoms with Crippen LogP contribution in [0.15, 0.2) is 0 Å². The zero-order valence-corrected chi connectivity index (χ0v) is 51.4. The van der Waals surface area contributed by atoms with Crippen LogP contribution in [-0.2, 0) is 19.2 Å². The number of amides is 3. The molecule has 0 rings (SSSR count). The van der Waals surface area contributed by atoms with Crippen molar-refractivity contribution in [1.82, 2.24) is 25.3 Å². The SMILES string of the molecule is CCCCCCCCCCCCCCCCCCCC(=O)C(CCN(C)C)C(C(=O)NCCCCCCNC(=O)C(C(C)C)N(CCN(C)C)C(=O)CCCCCCCCCCCCCCCCCCC)C(C)C. The fraction of sp³-hybridized carbons (Fsp3) is 0.938. The maximum absolute atomic E-state index is 13.8. The zero-order chi connectivity index (χ0) is 54.9. The van der Waals surface area contributed by atoms with Crippen LogP contribution in [0, 0.1) is 23.7 Å². The molecule has 0 saturated heterocycles. The molecule has 0 aromatic heterocycles. The monoisotopic (exact) mass is 1040 g/mol. The normalized spacial score (nSPS) is 13.1. The van der Waals surface area contributed by atoms with Crippen molar-refractivity contribution in [2.45, 2.75) is 311 Å². The molecule has 3 amide bonds. The van der Waals surface area contributed by atoms with Crippen molar-refractivity contribution >= 4 is 23.5 Å². The molecule has 9 nitrogen and oxygen atoms in total. The summed E-state index contributed by atoms with van der Waals surface area (Å²) in [5, 5.41) is 6.41. The Hall–Kier alpha value is -2.00. The van der Waals surface area contributed by atoms with Crippen molar-refractivity contribution in [2.24, 2.45) is 23.7 Å². The third kappa shape index (κ3) is 42.1. The van der Waals surface area contributed by atoms with E-state index in [9.17, 15) is 19.2 Å². The minimum Gasteiger partial charge on any atom is -0.356 e. The van der Waals surface area contributed by atoms with Crippen LogP contribution in [0.5, 0.6) is 0 Å². The number of likely N-dealkylation sites (N-methyl/N-ethyl adjacent to an activating group) is 1. The summed E-state index contributed by atoms with van der Waals surface area (Å²) in [4.78, 5) is 61.1. The minimum atomic E-state index is -0.482. The van der Waals surface area contributed by atoms with E-state index in [0.717, 1.165) is 64.5 Å². The van der Waals surface area contributed by atoms with E-state index in [-0.39, 0.29) is 47.2 Å². The van der Waals surface area contributed by atoms with E-state index >= 15 is 0 Å². The smallest absolute Gasteiger partial charge is 0.243 e. The highest BCUT2D eigenvalue weighted by Gasteiger charge is 2.35. The number of rotatable bonds is 56. The van der Waals surface area contributed by atoms with E-state index in [0.29, 0.717) is 38.9 Å². The van der Waals surface area contributed by atoms with Gasteiger partial charge in [0.1, 0.15) is 11.8 Å². The molecule has 2 N–H and O–H groups in total. The lowest BCUT2D eigenvalue weighted by Gasteiger charge is -2.34. The predicted octanol–water partition coefficient (Wildman–Crippen LogP) is 16.7. The summed E-state index contributed by atoms with van der Waals surface area (Å²) in [5.74, 6) is -0.153. The highest BCUT2D eigenvalue weighted by atomic mass is 16.2. The van der Waals surface area contributed by atoms with Gasteiger partial charge in [-0.3, -0.25) is 19.2 Å². The lowest BCUT2D eigenvalue weighted by molar-refractivity contribution is -0.142. The van der Waals surface area contributed by atoms with Crippen LogP contribution in [0.4, 0.5) is 0 Å². The number of ketones is 1. The van der Waals surface area contributed by atoms with Gasteiger partial charge in [0, 0.05) is 50.9 Å². The topological polar surface area (TPSA) is 102 Å². The molecule has 9 heteroatoms. The van der Waals surface area contributed by atoms with Gasteiger partial charge in [-0.1, -0.05) is 260 Å². The first-order valence-electron chi connectivity index (χ1n) is 32.4. The van der Waals surface area contributed by atoms with Crippen molar-refractivity contribution in [3.63, 3.8) is 0 Å². The molecule has 3 unspecified atom stereocenters. The predicted molar refractivity (Wildman–Crippen MR) is 321 cm³/mol. The molecule has 0 saturated carbocycles. The molecule has 0 spiro atoms. The van der Waals surface area contributed by atoms with Gasteiger partial charge < -0.3 is 25.3 Å². The van der Waals surface area contributed by atoms with E-state index in [1.54, 1.807) is 0 Å². The van der Waals surface area contributed by atoms with Crippen LogP contribution in [-0.4, -0.2) is 105 Å². The summed E-state index contributed by atoms with van der Waals surface area (Å²) < 4.78 is 0. The molecule has 0 aromatic rings. The number of Topliss-reactive ketones (excluding diaryl/α,β-unsaturated/α-hetero) is 1. The van der Waals surface area contributed by atoms with Gasteiger partial charge in [0.05, 0.1) is 0 Å². The maximum Gasteiger partial charge on any atom is 0.243 e. The molecular formula is C65H129N5O4. The molecule has 0 aromatic carbocycles. The second-order valence-electron chi connectivity index (χ2n) is 24.3. The van der Waals surface area contributed by atoms with Gasteiger partial charge in [-0.25, -0.2) is 0 Å². The molecule has 0 bridgehead atoms. The van der Waals surface area contributed by atoms with Crippen molar-refractivity contribution in [3.05, 3.63) is 0 Å². The quantitative estimate of drug-likeness (QED) is 0.0589. The standard InChI is InChI=1S/C65H129N5O4/c1-11-13-15-17-19-21-23-25-27-29-31-33-35-37-39-41-45-49-60(71)59(51-54-68(7)8)62(57(3)4)64(73)66-52-47-43-44-48-53-67-65(74)63(58(5)6)70(56-55-69(9)10)61(72)50-46-42-40-38-36-34-32-30-28-26-24-22-20-18-16-14-12-2/h57-59,62-63H,11-56H2,1-10H3,(H,66,73)(H,67,74). The summed E-state index contributed by atoms with van der Waals surface area (Å²) in [5.41, 5.74) is 0. The van der Waals surface area contributed by atoms with Crippen molar-refractivity contribution in [3.8, 4) is 0 Å². The molecule has 3 atom stereocenters. The maximum atomic E-state index is 13.8. The van der Waals surface area contributed by atoms with Crippen molar-refractivity contribution in [1.29, 1.82) is 0 Å². The number of unbranched alkanes of at least 4 members (excludes halogenated alkanes) is 35. The van der Waals surface area contributed by atoms with Crippen LogP contribution in [0.25, 0.3) is 0 Å². The first-order valence-corrected chi connectivity index (χ1v) is 32.4. The van der Waals surface area contributed by atoms with E-state index in [1.807, 2.05) is 33.1 Å². The number of hydrogen-bond acceptors (Lipinski definition) is 6. The Balaban J connectivity index is 4.64. The molecule has 0 heterocycles. The third-order valence-electron chi connectivity index (χ3n) is 15.8. The van der Waals surface area contributed by atoms with E-state index < -0.39 is 6.04 Å². The van der Waals surface area contributed by atoms with E-state index in [2.05, 4.69) is 62.0 Å². The van der Waals surface area contributed by atoms with Crippen LogP contribution in [0.1, 0.15) is 305 Å². The molecule has 0 radical (unpaired) electrons. The average molecular weight is 1040 g/mol. The Morgan fingerprint density at radius 3 is 1.03 bits per heavy atom. The molecule has 74 heavy (non-hydrogen) atoms. The molecular weight excluding hydrogens is 915 g/mol. The molecule has 0 aliphatic heterocycles. The lowest BCUT2D eigenvalue weighted by Crippen LogP contribution is -2.54. The van der Waals surface area contributed by atoms with Gasteiger partial charge >= 0.3 is 0 Å². The lowest BCUT2D eigenvalue weighted by atomic mass is 9.77. The third-order valence-corrected chi connectivity index (χ3v) is 15.8. The summed E-state index contributed by atoms with van der Waals surface area (Å²) in [6.45, 7) is 16.1. The summed E-state index contributed by atoms with van der Waals surface area (Å²) in [7, 11) is 8.13. The Labute approximate surface area is 461 Å². The Morgan fingerprint density at radius 1 is 0.365 bits per heavy atom. The molecule has 0 fully saturated rings. The fourth-order valence-corrected chi connectivity index (χ4v) is 11.0. The fourth-order valence-electron chi connectivity index (χ4n) is 11.0. The minimum absolute atomic E-state index is 0.0105. The number of carbonyl (C=O) groups excluding carboxylic acids is 4. The summed E-state index contributed by atoms with van der Waals surface area (Å²) in [6, 6.07) is -0.482. The Kier molecular flexibility index (Phi) is 50.3. The van der Waals surface area contributed by atoms with Crippen molar-refractivity contribution in [2.75, 3.05) is 60.9 Å². The molecule has 438 valence electrons. The first-order chi connectivity index (χ1) is 35.8. The van der Waals surface area contributed by atoms with E-state index in [1.165, 1.54) is 193 Å². The van der Waals surface area contributed by atoms with Crippen LogP contribution in [0.3, 0.4) is 0 Å². The average Bonchev–Trinajstić information content (AvgIpc) is 3.35. The van der Waals surface area contributed by atoms with Gasteiger partial charge in [-0.15, -0.1) is 0 Å². The number of carbonyl (C=O) groups is 4. The van der Waals surface area contributed by atoms with E-state index in [4.69, 9.17) is 0 Å².